The number of rotatable bonds is 2. The lowest BCUT2D eigenvalue weighted by atomic mass is 10.1. The molecule has 0 bridgehead atoms. The molecular formula is C14H18FN. The van der Waals surface area contributed by atoms with Crippen molar-refractivity contribution in [1.29, 1.82) is 0 Å². The zero-order valence-corrected chi connectivity index (χ0v) is 9.53. The molecule has 0 amide bonds. The Labute approximate surface area is 96.3 Å². The molecule has 3 rings (SSSR count). The van der Waals surface area contributed by atoms with Gasteiger partial charge in [-0.25, -0.2) is 4.39 Å². The van der Waals surface area contributed by atoms with E-state index in [1.54, 1.807) is 12.1 Å². The molecule has 2 unspecified atom stereocenters. The van der Waals surface area contributed by atoms with Crippen LogP contribution in [0.25, 0.3) is 0 Å². The Morgan fingerprint density at radius 3 is 2.56 bits per heavy atom. The van der Waals surface area contributed by atoms with Gasteiger partial charge in [-0.2, -0.15) is 0 Å². The van der Waals surface area contributed by atoms with Crippen molar-refractivity contribution in [3.05, 3.63) is 35.6 Å². The highest BCUT2D eigenvalue weighted by Crippen LogP contribution is 2.46. The summed E-state index contributed by atoms with van der Waals surface area (Å²) < 4.78 is 13.6. The van der Waals surface area contributed by atoms with Crippen LogP contribution in [0.15, 0.2) is 24.3 Å². The Morgan fingerprint density at radius 2 is 1.81 bits per heavy atom. The summed E-state index contributed by atoms with van der Waals surface area (Å²) in [5, 5.41) is 0. The van der Waals surface area contributed by atoms with E-state index in [2.05, 4.69) is 4.90 Å². The molecule has 1 nitrogen and oxygen atoms in total. The van der Waals surface area contributed by atoms with Crippen molar-refractivity contribution in [3.8, 4) is 0 Å². The maximum absolute atomic E-state index is 13.6. The quantitative estimate of drug-likeness (QED) is 0.738. The topological polar surface area (TPSA) is 3.24 Å². The number of benzene rings is 1. The number of nitrogens with zero attached hydrogens (tertiary/aromatic N) is 1. The largest absolute Gasteiger partial charge is 0.300 e. The minimum absolute atomic E-state index is 0.0213. The first kappa shape index (κ1) is 10.3. The second-order valence-electron chi connectivity index (χ2n) is 5.03. The Hall–Kier alpha value is -0.890. The number of hydrogen-bond donors (Lipinski definition) is 0. The highest BCUT2D eigenvalue weighted by atomic mass is 19.1. The van der Waals surface area contributed by atoms with Crippen LogP contribution in [-0.4, -0.2) is 24.0 Å². The summed E-state index contributed by atoms with van der Waals surface area (Å²) in [6.07, 6.45) is 5.16. The van der Waals surface area contributed by atoms with Gasteiger partial charge in [-0.05, 0) is 44.0 Å². The molecular weight excluding hydrogens is 201 g/mol. The van der Waals surface area contributed by atoms with E-state index in [4.69, 9.17) is 0 Å². The summed E-state index contributed by atoms with van der Waals surface area (Å²) in [6.45, 7) is 2.44. The lowest BCUT2D eigenvalue weighted by molar-refractivity contribution is 0.215. The fourth-order valence-electron chi connectivity index (χ4n) is 2.95. The summed E-state index contributed by atoms with van der Waals surface area (Å²) >= 11 is 0. The number of hydrogen-bond acceptors (Lipinski definition) is 1. The van der Waals surface area contributed by atoms with Crippen molar-refractivity contribution in [2.75, 3.05) is 13.1 Å². The predicted molar refractivity (Wildman–Crippen MR) is 63.0 cm³/mol. The van der Waals surface area contributed by atoms with Gasteiger partial charge in [0.1, 0.15) is 5.82 Å². The van der Waals surface area contributed by atoms with Crippen molar-refractivity contribution in [2.45, 2.75) is 37.6 Å². The Balaban J connectivity index is 1.69. The fourth-order valence-corrected chi connectivity index (χ4v) is 2.95. The zero-order chi connectivity index (χ0) is 11.0. The van der Waals surface area contributed by atoms with Gasteiger partial charge in [0.15, 0.2) is 0 Å². The molecule has 2 heteroatoms. The summed E-state index contributed by atoms with van der Waals surface area (Å²) in [5.41, 5.74) is 0.929. The monoisotopic (exact) mass is 219 g/mol. The first-order chi connectivity index (χ1) is 7.86. The van der Waals surface area contributed by atoms with Crippen LogP contribution in [0.1, 0.15) is 37.2 Å². The fraction of sp³-hybridized carbons (Fsp3) is 0.571. The predicted octanol–water partition coefficient (Wildman–Crippen LogP) is 3.17. The van der Waals surface area contributed by atoms with Crippen LogP contribution in [-0.2, 0) is 0 Å². The molecule has 1 aromatic rings. The van der Waals surface area contributed by atoms with E-state index in [1.165, 1.54) is 32.4 Å². The summed E-state index contributed by atoms with van der Waals surface area (Å²) in [7, 11) is 0. The molecule has 1 aliphatic heterocycles. The normalized spacial score (nSPS) is 30.3. The van der Waals surface area contributed by atoms with Gasteiger partial charge in [-0.15, -0.1) is 0 Å². The van der Waals surface area contributed by atoms with Crippen LogP contribution in [0.2, 0.25) is 0 Å². The highest BCUT2D eigenvalue weighted by Gasteiger charge is 2.43. The van der Waals surface area contributed by atoms with Gasteiger partial charge in [0, 0.05) is 12.0 Å². The molecule has 2 aliphatic rings. The first-order valence-electron chi connectivity index (χ1n) is 6.35. The van der Waals surface area contributed by atoms with E-state index >= 15 is 0 Å². The third-order valence-corrected chi connectivity index (χ3v) is 3.92. The number of likely N-dealkylation sites (tertiary alicyclic amines) is 1. The van der Waals surface area contributed by atoms with Gasteiger partial charge in [-0.1, -0.05) is 24.6 Å². The zero-order valence-electron chi connectivity index (χ0n) is 9.53. The van der Waals surface area contributed by atoms with Crippen LogP contribution >= 0.6 is 0 Å². The molecule has 0 N–H and O–H groups in total. The molecule has 1 aromatic carbocycles. The molecule has 0 spiro atoms. The number of halogens is 1. The molecule has 0 radical (unpaired) electrons. The molecule has 2 atom stereocenters. The smallest absolute Gasteiger partial charge is 0.126 e. The molecule has 1 aliphatic carbocycles. The summed E-state index contributed by atoms with van der Waals surface area (Å²) in [5.74, 6) is 0.436. The van der Waals surface area contributed by atoms with Gasteiger partial charge < -0.3 is 0 Å². The molecule has 1 saturated heterocycles. The van der Waals surface area contributed by atoms with Crippen LogP contribution in [0.5, 0.6) is 0 Å². The molecule has 86 valence electrons. The van der Waals surface area contributed by atoms with E-state index in [0.717, 1.165) is 12.0 Å². The summed E-state index contributed by atoms with van der Waals surface area (Å²) in [6, 6.07) is 7.88. The van der Waals surface area contributed by atoms with Crippen molar-refractivity contribution in [3.63, 3.8) is 0 Å². The second kappa shape index (κ2) is 4.17. The van der Waals surface area contributed by atoms with E-state index in [1.807, 2.05) is 12.1 Å². The maximum atomic E-state index is 13.6. The second-order valence-corrected chi connectivity index (χ2v) is 5.03. The van der Waals surface area contributed by atoms with E-state index < -0.39 is 0 Å². The SMILES string of the molecule is Fc1ccccc1C1CC1N1CCCCC1. The van der Waals surface area contributed by atoms with Crippen molar-refractivity contribution in [1.82, 2.24) is 4.90 Å². The van der Waals surface area contributed by atoms with E-state index in [-0.39, 0.29) is 5.82 Å². The van der Waals surface area contributed by atoms with Crippen LogP contribution in [0.4, 0.5) is 4.39 Å². The highest BCUT2D eigenvalue weighted by molar-refractivity contribution is 5.29. The molecule has 1 heterocycles. The van der Waals surface area contributed by atoms with Gasteiger partial charge in [0.05, 0.1) is 0 Å². The van der Waals surface area contributed by atoms with Gasteiger partial charge in [-0.3, -0.25) is 4.90 Å². The first-order valence-corrected chi connectivity index (χ1v) is 6.35. The lowest BCUT2D eigenvalue weighted by Crippen LogP contribution is -2.32. The molecule has 0 aromatic heterocycles. The summed E-state index contributed by atoms with van der Waals surface area (Å²) in [4.78, 5) is 2.56. The Bertz CT molecular complexity index is 371. The number of piperidine rings is 1. The van der Waals surface area contributed by atoms with Crippen molar-refractivity contribution in [2.24, 2.45) is 0 Å². The van der Waals surface area contributed by atoms with Crippen LogP contribution < -0.4 is 0 Å². The van der Waals surface area contributed by atoms with Crippen molar-refractivity contribution < 1.29 is 4.39 Å². The average molecular weight is 219 g/mol. The molecule has 2 fully saturated rings. The van der Waals surface area contributed by atoms with Gasteiger partial charge >= 0.3 is 0 Å². The third kappa shape index (κ3) is 1.86. The van der Waals surface area contributed by atoms with E-state index in [0.29, 0.717) is 12.0 Å². The molecule has 16 heavy (non-hydrogen) atoms. The standard InChI is InChI=1S/C14H18FN/c15-13-7-3-2-6-11(13)12-10-14(12)16-8-4-1-5-9-16/h2-3,6-7,12,14H,1,4-5,8-10H2. The maximum Gasteiger partial charge on any atom is 0.126 e. The van der Waals surface area contributed by atoms with Crippen LogP contribution in [0, 0.1) is 5.82 Å². The van der Waals surface area contributed by atoms with E-state index in [9.17, 15) is 4.39 Å². The van der Waals surface area contributed by atoms with Gasteiger partial charge in [0.25, 0.3) is 0 Å². The van der Waals surface area contributed by atoms with Crippen molar-refractivity contribution >= 4 is 0 Å². The third-order valence-electron chi connectivity index (χ3n) is 3.92. The Kier molecular flexibility index (Phi) is 2.68. The average Bonchev–Trinajstić information content (AvgIpc) is 3.11. The van der Waals surface area contributed by atoms with Gasteiger partial charge in [0.2, 0.25) is 0 Å². The minimum Gasteiger partial charge on any atom is -0.300 e. The lowest BCUT2D eigenvalue weighted by Gasteiger charge is -2.26. The Morgan fingerprint density at radius 1 is 1.06 bits per heavy atom. The minimum atomic E-state index is -0.0213. The molecule has 1 saturated carbocycles. The van der Waals surface area contributed by atoms with Crippen LogP contribution in [0.3, 0.4) is 0 Å².